The summed E-state index contributed by atoms with van der Waals surface area (Å²) in [5, 5.41) is 10.6. The van der Waals surface area contributed by atoms with Crippen LogP contribution in [-0.2, 0) is 10.0 Å². The highest BCUT2D eigenvalue weighted by Crippen LogP contribution is 2.23. The van der Waals surface area contributed by atoms with Crippen LogP contribution in [0.2, 0.25) is 0 Å². The van der Waals surface area contributed by atoms with Gasteiger partial charge in [0.25, 0.3) is 5.69 Å². The number of aryl methyl sites for hydroxylation is 1. The summed E-state index contributed by atoms with van der Waals surface area (Å²) < 4.78 is 25.8. The number of benzene rings is 1. The van der Waals surface area contributed by atoms with Crippen molar-refractivity contribution in [3.8, 4) is 0 Å². The monoisotopic (exact) mass is 272 g/mol. The van der Waals surface area contributed by atoms with E-state index in [0.29, 0.717) is 18.7 Å². The zero-order valence-corrected chi connectivity index (χ0v) is 11.4. The van der Waals surface area contributed by atoms with Crippen LogP contribution in [0.3, 0.4) is 0 Å². The highest BCUT2D eigenvalue weighted by molar-refractivity contribution is 7.89. The lowest BCUT2D eigenvalue weighted by atomic mass is 10.2. The summed E-state index contributed by atoms with van der Waals surface area (Å²) in [5.74, 6) is 0. The van der Waals surface area contributed by atoms with Gasteiger partial charge in [-0.3, -0.25) is 10.1 Å². The van der Waals surface area contributed by atoms with Gasteiger partial charge in [0.2, 0.25) is 10.0 Å². The molecule has 0 radical (unpaired) electrons. The molecule has 100 valence electrons. The van der Waals surface area contributed by atoms with Gasteiger partial charge in [0.05, 0.1) is 9.82 Å². The van der Waals surface area contributed by atoms with Gasteiger partial charge in [-0.05, 0) is 18.6 Å². The number of sulfonamides is 1. The fraction of sp³-hybridized carbons (Fsp3) is 0.455. The third-order valence-electron chi connectivity index (χ3n) is 2.69. The van der Waals surface area contributed by atoms with E-state index in [4.69, 9.17) is 0 Å². The Morgan fingerprint density at radius 3 is 2.22 bits per heavy atom. The average molecular weight is 272 g/mol. The third-order valence-corrected chi connectivity index (χ3v) is 4.90. The van der Waals surface area contributed by atoms with Gasteiger partial charge >= 0.3 is 0 Å². The Morgan fingerprint density at radius 2 is 1.83 bits per heavy atom. The maximum atomic E-state index is 12.3. The van der Waals surface area contributed by atoms with Crippen LogP contribution in [0.1, 0.15) is 19.4 Å². The van der Waals surface area contributed by atoms with E-state index >= 15 is 0 Å². The molecule has 0 fully saturated rings. The van der Waals surface area contributed by atoms with Crippen molar-refractivity contribution in [3.05, 3.63) is 33.9 Å². The van der Waals surface area contributed by atoms with Crippen LogP contribution >= 0.6 is 0 Å². The Hall–Kier alpha value is -1.47. The second-order valence-corrected chi connectivity index (χ2v) is 5.70. The van der Waals surface area contributed by atoms with Crippen molar-refractivity contribution >= 4 is 15.7 Å². The summed E-state index contributed by atoms with van der Waals surface area (Å²) in [6, 6.07) is 3.78. The fourth-order valence-electron chi connectivity index (χ4n) is 1.74. The summed E-state index contributed by atoms with van der Waals surface area (Å²) in [5.41, 5.74) is 0.280. The molecule has 1 aromatic carbocycles. The predicted octanol–water partition coefficient (Wildman–Crippen LogP) is 1.93. The first-order chi connectivity index (χ1) is 8.34. The molecule has 1 rings (SSSR count). The molecule has 6 nitrogen and oxygen atoms in total. The molecule has 0 amide bonds. The number of nitro benzene ring substituents is 1. The van der Waals surface area contributed by atoms with Gasteiger partial charge in [0, 0.05) is 25.2 Å². The van der Waals surface area contributed by atoms with Crippen molar-refractivity contribution in [1.29, 1.82) is 0 Å². The minimum absolute atomic E-state index is 0.106. The smallest absolute Gasteiger partial charge is 0.258 e. The van der Waals surface area contributed by atoms with Crippen molar-refractivity contribution in [2.45, 2.75) is 25.7 Å². The topological polar surface area (TPSA) is 80.5 Å². The number of rotatable bonds is 5. The largest absolute Gasteiger partial charge is 0.269 e. The van der Waals surface area contributed by atoms with Gasteiger partial charge in [-0.1, -0.05) is 13.8 Å². The minimum atomic E-state index is -3.56. The summed E-state index contributed by atoms with van der Waals surface area (Å²) in [4.78, 5) is 10.2. The molecular formula is C11H16N2O4S. The van der Waals surface area contributed by atoms with Crippen LogP contribution in [0.15, 0.2) is 23.1 Å². The molecule has 0 aliphatic heterocycles. The van der Waals surface area contributed by atoms with Crippen molar-refractivity contribution in [3.63, 3.8) is 0 Å². The summed E-state index contributed by atoms with van der Waals surface area (Å²) in [7, 11) is -3.56. The normalized spacial score (nSPS) is 11.8. The Balaban J connectivity index is 3.30. The predicted molar refractivity (Wildman–Crippen MR) is 67.9 cm³/mol. The van der Waals surface area contributed by atoms with E-state index < -0.39 is 14.9 Å². The standard InChI is InChI=1S/C11H16N2O4S/c1-4-12(5-2)18(16,17)11-7-6-10(13(14)15)8-9(11)3/h6-8H,4-5H2,1-3H3. The molecule has 0 aliphatic carbocycles. The number of non-ortho nitro benzene ring substituents is 1. The molecule has 0 bridgehead atoms. The van der Waals surface area contributed by atoms with Crippen molar-refractivity contribution < 1.29 is 13.3 Å². The third kappa shape index (κ3) is 2.68. The second-order valence-electron chi connectivity index (χ2n) is 3.80. The molecule has 0 atom stereocenters. The number of nitrogens with zero attached hydrogens (tertiary/aromatic N) is 2. The van der Waals surface area contributed by atoms with Crippen LogP contribution in [0.4, 0.5) is 5.69 Å². The summed E-state index contributed by atoms with van der Waals surface area (Å²) in [6.07, 6.45) is 0. The van der Waals surface area contributed by atoms with E-state index in [1.165, 1.54) is 22.5 Å². The molecule has 0 unspecified atom stereocenters. The van der Waals surface area contributed by atoms with Gasteiger partial charge in [-0.2, -0.15) is 4.31 Å². The Kier molecular flexibility index (Phi) is 4.42. The number of nitro groups is 1. The van der Waals surface area contributed by atoms with Gasteiger partial charge in [0.15, 0.2) is 0 Å². The van der Waals surface area contributed by atoms with Gasteiger partial charge in [-0.25, -0.2) is 8.42 Å². The van der Waals surface area contributed by atoms with E-state index in [0.717, 1.165) is 0 Å². The number of hydrogen-bond acceptors (Lipinski definition) is 4. The van der Waals surface area contributed by atoms with E-state index in [1.54, 1.807) is 20.8 Å². The van der Waals surface area contributed by atoms with E-state index in [1.807, 2.05) is 0 Å². The van der Waals surface area contributed by atoms with E-state index in [2.05, 4.69) is 0 Å². The molecule has 0 heterocycles. The maximum Gasteiger partial charge on any atom is 0.269 e. The second kappa shape index (κ2) is 5.45. The Bertz CT molecular complexity index is 550. The van der Waals surface area contributed by atoms with Crippen molar-refractivity contribution in [1.82, 2.24) is 4.31 Å². The first-order valence-corrected chi connectivity index (χ1v) is 7.03. The van der Waals surface area contributed by atoms with Crippen LogP contribution in [-0.4, -0.2) is 30.7 Å². The molecule has 0 N–H and O–H groups in total. The molecule has 1 aromatic rings. The van der Waals surface area contributed by atoms with E-state index in [-0.39, 0.29) is 10.6 Å². The lowest BCUT2D eigenvalue weighted by Crippen LogP contribution is -2.31. The first-order valence-electron chi connectivity index (χ1n) is 5.59. The van der Waals surface area contributed by atoms with Crippen LogP contribution in [0, 0.1) is 17.0 Å². The van der Waals surface area contributed by atoms with Gasteiger partial charge in [0.1, 0.15) is 0 Å². The van der Waals surface area contributed by atoms with Gasteiger partial charge < -0.3 is 0 Å². The average Bonchev–Trinajstić information content (AvgIpc) is 2.29. The summed E-state index contributed by atoms with van der Waals surface area (Å²) in [6.45, 7) is 5.80. The van der Waals surface area contributed by atoms with Crippen LogP contribution in [0.5, 0.6) is 0 Å². The minimum Gasteiger partial charge on any atom is -0.258 e. The van der Waals surface area contributed by atoms with Crippen LogP contribution in [0.25, 0.3) is 0 Å². The lowest BCUT2D eigenvalue weighted by molar-refractivity contribution is -0.385. The fourth-order valence-corrected chi connectivity index (χ4v) is 3.40. The van der Waals surface area contributed by atoms with E-state index in [9.17, 15) is 18.5 Å². The highest BCUT2D eigenvalue weighted by Gasteiger charge is 2.24. The molecule has 0 saturated carbocycles. The quantitative estimate of drug-likeness (QED) is 0.606. The SMILES string of the molecule is CCN(CC)S(=O)(=O)c1ccc([N+](=O)[O-])cc1C. The molecule has 18 heavy (non-hydrogen) atoms. The maximum absolute atomic E-state index is 12.3. The Morgan fingerprint density at radius 1 is 1.28 bits per heavy atom. The van der Waals surface area contributed by atoms with Crippen molar-refractivity contribution in [2.75, 3.05) is 13.1 Å². The zero-order chi connectivity index (χ0) is 13.9. The molecule has 0 spiro atoms. The highest BCUT2D eigenvalue weighted by atomic mass is 32.2. The van der Waals surface area contributed by atoms with Gasteiger partial charge in [-0.15, -0.1) is 0 Å². The molecule has 0 aliphatic rings. The van der Waals surface area contributed by atoms with Crippen LogP contribution < -0.4 is 0 Å². The molecule has 7 heteroatoms. The molecule has 0 saturated heterocycles. The number of hydrogen-bond donors (Lipinski definition) is 0. The first kappa shape index (κ1) is 14.6. The Labute approximate surface area is 106 Å². The zero-order valence-electron chi connectivity index (χ0n) is 10.6. The lowest BCUT2D eigenvalue weighted by Gasteiger charge is -2.19. The summed E-state index contributed by atoms with van der Waals surface area (Å²) >= 11 is 0. The molecule has 0 aromatic heterocycles. The molecular weight excluding hydrogens is 256 g/mol. The van der Waals surface area contributed by atoms with Crippen molar-refractivity contribution in [2.24, 2.45) is 0 Å².